The third-order valence-corrected chi connectivity index (χ3v) is 15.9. The molecule has 0 fully saturated rings. The van der Waals surface area contributed by atoms with Crippen LogP contribution in [0, 0.1) is 13.8 Å². The van der Waals surface area contributed by atoms with Gasteiger partial charge in [-0.2, -0.15) is 0 Å². The molecule has 0 unspecified atom stereocenters. The molecule has 0 saturated heterocycles. The summed E-state index contributed by atoms with van der Waals surface area (Å²) in [6, 6.07) is 48.2. The van der Waals surface area contributed by atoms with Crippen LogP contribution in [0.3, 0.4) is 0 Å². The number of rotatable bonds is 12. The summed E-state index contributed by atoms with van der Waals surface area (Å²) >= 11 is 0. The highest BCUT2D eigenvalue weighted by Crippen LogP contribution is 2.38. The van der Waals surface area contributed by atoms with Crippen molar-refractivity contribution in [3.8, 4) is 0 Å². The zero-order valence-corrected chi connectivity index (χ0v) is 44.2. The summed E-state index contributed by atoms with van der Waals surface area (Å²) in [6.45, 7) is 11.7. The molecule has 0 aliphatic carbocycles. The molecule has 0 bridgehead atoms. The largest absolute Gasteiger partial charge is 0.481 e. The van der Waals surface area contributed by atoms with Gasteiger partial charge in [0.2, 0.25) is 0 Å². The molecule has 2 atom stereocenters. The minimum Gasteiger partial charge on any atom is -0.481 e. The fourth-order valence-corrected chi connectivity index (χ4v) is 11.7. The van der Waals surface area contributed by atoms with E-state index in [-0.39, 0.29) is 36.5 Å². The lowest BCUT2D eigenvalue weighted by Gasteiger charge is -2.30. The average Bonchev–Trinajstić information content (AvgIpc) is 4.24. The molecule has 14 heteroatoms. The monoisotopic (exact) mass is 1040 g/mol. The molecule has 14 nitrogen and oxygen atoms in total. The number of hydrogen-bond donors (Lipinski definition) is 2. The molecule has 392 valence electrons. The number of hydrogen-bond acceptors (Lipinski definition) is 8. The standard InChI is InChI=1S/2C32H30N4O3/c2*1-3-36-29-13-12-27(20(2)31(29)33-34-36)28(18-30(37)38)24-10-8-22-14-15-35(19-26(22)17-24)32(39)25-11-9-21-6-4-5-7-23(21)16-25/h2*4-13,16-17,28H,3,14-15,18-19H2,1-2H3,(H,37,38)/t2*28-/m10/s1. The molecule has 0 radical (unpaired) electrons. The highest BCUT2D eigenvalue weighted by atomic mass is 16.4. The van der Waals surface area contributed by atoms with Crippen molar-refractivity contribution < 1.29 is 29.4 Å². The van der Waals surface area contributed by atoms with Crippen LogP contribution in [0.5, 0.6) is 0 Å². The number of carboxylic acids is 2. The summed E-state index contributed by atoms with van der Waals surface area (Å²) in [6.07, 6.45) is 1.47. The Kier molecular flexibility index (Phi) is 14.1. The molecule has 4 heterocycles. The van der Waals surface area contributed by atoms with E-state index < -0.39 is 11.9 Å². The summed E-state index contributed by atoms with van der Waals surface area (Å²) in [4.78, 5) is 54.7. The molecular formula is C64H60N8O6. The summed E-state index contributed by atoms with van der Waals surface area (Å²) in [7, 11) is 0. The van der Waals surface area contributed by atoms with Gasteiger partial charge in [-0.1, -0.05) is 120 Å². The normalized spacial score (nSPS) is 13.9. The molecule has 10 aromatic rings. The second-order valence-corrected chi connectivity index (χ2v) is 20.5. The van der Waals surface area contributed by atoms with E-state index in [1.165, 1.54) is 11.1 Å². The average molecular weight is 1040 g/mol. The number of aliphatic carboxylic acids is 2. The van der Waals surface area contributed by atoms with Crippen molar-refractivity contribution >= 4 is 67.4 Å². The van der Waals surface area contributed by atoms with Gasteiger partial charge in [0.15, 0.2) is 0 Å². The maximum atomic E-state index is 13.5. The zero-order valence-electron chi connectivity index (χ0n) is 44.2. The van der Waals surface area contributed by atoms with E-state index in [0.29, 0.717) is 50.4 Å². The van der Waals surface area contributed by atoms with Crippen molar-refractivity contribution in [1.82, 2.24) is 39.8 Å². The lowest BCUT2D eigenvalue weighted by molar-refractivity contribution is -0.138. The molecule has 8 aromatic carbocycles. The van der Waals surface area contributed by atoms with Crippen LogP contribution in [-0.4, -0.2) is 86.8 Å². The first-order valence-electron chi connectivity index (χ1n) is 26.7. The molecule has 2 aromatic heterocycles. The van der Waals surface area contributed by atoms with E-state index in [1.54, 1.807) is 0 Å². The van der Waals surface area contributed by atoms with Crippen molar-refractivity contribution in [2.24, 2.45) is 0 Å². The van der Waals surface area contributed by atoms with Crippen LogP contribution in [0.15, 0.2) is 146 Å². The predicted molar refractivity (Wildman–Crippen MR) is 302 cm³/mol. The first kappa shape index (κ1) is 51.1. The summed E-state index contributed by atoms with van der Waals surface area (Å²) in [5.41, 5.74) is 15.0. The van der Waals surface area contributed by atoms with E-state index in [9.17, 15) is 29.4 Å². The molecule has 12 rings (SSSR count). The summed E-state index contributed by atoms with van der Waals surface area (Å²) < 4.78 is 3.69. The Labute approximate surface area is 451 Å². The Morgan fingerprint density at radius 1 is 0.487 bits per heavy atom. The van der Waals surface area contributed by atoms with Crippen molar-refractivity contribution in [3.63, 3.8) is 0 Å². The van der Waals surface area contributed by atoms with Gasteiger partial charge in [0, 0.05) is 62.2 Å². The van der Waals surface area contributed by atoms with Gasteiger partial charge in [-0.3, -0.25) is 19.2 Å². The summed E-state index contributed by atoms with van der Waals surface area (Å²) in [5, 5.41) is 41.2. The number of nitrogens with zero attached hydrogens (tertiary/aromatic N) is 8. The molecule has 0 spiro atoms. The third-order valence-electron chi connectivity index (χ3n) is 15.9. The molecule has 2 aliphatic rings. The number of carbonyl (C=O) groups excluding carboxylic acids is 2. The van der Waals surface area contributed by atoms with Crippen LogP contribution in [-0.2, 0) is 48.6 Å². The molecule has 78 heavy (non-hydrogen) atoms. The fourth-order valence-electron chi connectivity index (χ4n) is 11.7. The van der Waals surface area contributed by atoms with Crippen molar-refractivity contribution in [2.45, 2.75) is 91.4 Å². The van der Waals surface area contributed by atoms with E-state index in [1.807, 2.05) is 168 Å². The minimum atomic E-state index is -0.859. The van der Waals surface area contributed by atoms with Crippen LogP contribution < -0.4 is 0 Å². The predicted octanol–water partition coefficient (Wildman–Crippen LogP) is 11.4. The highest BCUT2D eigenvalue weighted by Gasteiger charge is 2.29. The van der Waals surface area contributed by atoms with Crippen LogP contribution in [0.1, 0.15) is 115 Å². The van der Waals surface area contributed by atoms with Crippen molar-refractivity contribution in [1.29, 1.82) is 0 Å². The van der Waals surface area contributed by atoms with Gasteiger partial charge in [-0.25, -0.2) is 9.36 Å². The van der Waals surface area contributed by atoms with Crippen LogP contribution >= 0.6 is 0 Å². The van der Waals surface area contributed by atoms with Crippen LogP contribution in [0.25, 0.3) is 43.6 Å². The van der Waals surface area contributed by atoms with Gasteiger partial charge in [-0.05, 0) is 154 Å². The maximum absolute atomic E-state index is 13.5. The summed E-state index contributed by atoms with van der Waals surface area (Å²) in [5.74, 6) is -2.37. The zero-order chi connectivity index (χ0) is 54.2. The molecule has 2 aliphatic heterocycles. The molecule has 0 saturated carbocycles. The van der Waals surface area contributed by atoms with Gasteiger partial charge >= 0.3 is 11.9 Å². The number of fused-ring (bicyclic) bond motifs is 6. The first-order valence-corrected chi connectivity index (χ1v) is 26.7. The Morgan fingerprint density at radius 2 is 0.897 bits per heavy atom. The van der Waals surface area contributed by atoms with Gasteiger partial charge in [0.05, 0.1) is 23.9 Å². The van der Waals surface area contributed by atoms with Gasteiger partial charge in [0.25, 0.3) is 11.8 Å². The van der Waals surface area contributed by atoms with E-state index in [4.69, 9.17) is 0 Å². The van der Waals surface area contributed by atoms with Gasteiger partial charge in [-0.15, -0.1) is 10.2 Å². The minimum absolute atomic E-state index is 0.0131. The third kappa shape index (κ3) is 9.97. The number of aromatic nitrogens is 6. The number of carboxylic acid groups (broad SMARTS) is 2. The SMILES string of the molecule is CCn1nnc2c(C)c([C@@H](CC(=O)O)c3ccc4c(c3)CN(C(=O)c3ccc5ccccc5c3)CC4)ccc21.CCn1nnc2c(C)c([C@H](CC(=O)O)c3ccc4c(c3)CN(C(=O)c3ccc5ccccc5c3)CC4)ccc21. The maximum Gasteiger partial charge on any atom is 0.304 e. The van der Waals surface area contributed by atoms with E-state index in [2.05, 4.69) is 44.9 Å². The van der Waals surface area contributed by atoms with Crippen molar-refractivity contribution in [3.05, 3.63) is 212 Å². The quantitative estimate of drug-likeness (QED) is 0.120. The molecule has 2 N–H and O–H groups in total. The Bertz CT molecular complexity index is 3730. The van der Waals surface area contributed by atoms with E-state index >= 15 is 0 Å². The Balaban J connectivity index is 0.000000165. The number of carbonyl (C=O) groups is 4. The first-order chi connectivity index (χ1) is 37.8. The lowest BCUT2D eigenvalue weighted by atomic mass is 9.83. The number of aryl methyl sites for hydroxylation is 4. The van der Waals surface area contributed by atoms with E-state index in [0.717, 1.165) is 101 Å². The second kappa shape index (κ2) is 21.5. The fraction of sp³-hybridized carbons (Fsp3) is 0.250. The van der Waals surface area contributed by atoms with Gasteiger partial charge in [0.1, 0.15) is 11.0 Å². The molecular weight excluding hydrogens is 977 g/mol. The van der Waals surface area contributed by atoms with Crippen LogP contribution in [0.4, 0.5) is 0 Å². The van der Waals surface area contributed by atoms with Crippen LogP contribution in [0.2, 0.25) is 0 Å². The second-order valence-electron chi connectivity index (χ2n) is 20.5. The molecule has 2 amide bonds. The Morgan fingerprint density at radius 3 is 1.29 bits per heavy atom. The highest BCUT2D eigenvalue weighted by molar-refractivity contribution is 6.00. The number of benzene rings is 8. The smallest absolute Gasteiger partial charge is 0.304 e. The Hall–Kier alpha value is -9.04. The topological polar surface area (TPSA) is 177 Å². The lowest BCUT2D eigenvalue weighted by Crippen LogP contribution is -2.36. The number of amides is 2. The van der Waals surface area contributed by atoms with Crippen molar-refractivity contribution in [2.75, 3.05) is 13.1 Å². The van der Waals surface area contributed by atoms with Gasteiger partial charge < -0.3 is 20.0 Å².